The van der Waals surface area contributed by atoms with Gasteiger partial charge in [-0.2, -0.15) is 0 Å². The van der Waals surface area contributed by atoms with Crippen LogP contribution in [0.15, 0.2) is 11.6 Å². The summed E-state index contributed by atoms with van der Waals surface area (Å²) >= 11 is 0. The molecule has 2 atom stereocenters. The summed E-state index contributed by atoms with van der Waals surface area (Å²) in [5.74, 6) is -0.732. The van der Waals surface area contributed by atoms with Crippen LogP contribution in [0, 0.1) is 11.8 Å². The fourth-order valence-corrected chi connectivity index (χ4v) is 3.82. The zero-order valence-electron chi connectivity index (χ0n) is 11.3. The molecule has 0 spiro atoms. The molecule has 0 saturated heterocycles. The summed E-state index contributed by atoms with van der Waals surface area (Å²) in [7, 11) is -2.07. The van der Waals surface area contributed by atoms with Gasteiger partial charge in [0, 0.05) is 18.3 Å². The zero-order valence-corrected chi connectivity index (χ0v) is 12.3. The summed E-state index contributed by atoms with van der Waals surface area (Å²) in [6, 6.07) is 0. The van der Waals surface area contributed by atoms with E-state index in [9.17, 15) is 9.36 Å². The van der Waals surface area contributed by atoms with E-state index in [0.29, 0.717) is 18.1 Å². The first-order valence-corrected chi connectivity index (χ1v) is 8.23. The Morgan fingerprint density at radius 2 is 2.11 bits per heavy atom. The smallest absolute Gasteiger partial charge is 0.331 e. The van der Waals surface area contributed by atoms with Crippen molar-refractivity contribution in [1.29, 1.82) is 0 Å². The minimum Gasteiger partial charge on any atom is -0.478 e. The molecule has 0 aromatic carbocycles. The zero-order chi connectivity index (χ0) is 13.7. The lowest BCUT2D eigenvalue weighted by atomic mass is 10.2. The van der Waals surface area contributed by atoms with Gasteiger partial charge in [0.25, 0.3) is 0 Å². The van der Waals surface area contributed by atoms with Crippen LogP contribution in [0.4, 0.5) is 0 Å². The van der Waals surface area contributed by atoms with Crippen molar-refractivity contribution in [3.63, 3.8) is 0 Å². The van der Waals surface area contributed by atoms with Crippen molar-refractivity contribution in [3.05, 3.63) is 11.6 Å². The van der Waals surface area contributed by atoms with Gasteiger partial charge < -0.3 is 14.4 Å². The average molecular weight is 274 g/mol. The van der Waals surface area contributed by atoms with Gasteiger partial charge in [0.15, 0.2) is 0 Å². The predicted octanol–water partition coefficient (Wildman–Crippen LogP) is 2.99. The summed E-state index contributed by atoms with van der Waals surface area (Å²) in [6.45, 7) is 6.28. The third-order valence-corrected chi connectivity index (χ3v) is 5.16. The van der Waals surface area contributed by atoms with Crippen molar-refractivity contribution in [2.24, 2.45) is 11.8 Å². The second-order valence-corrected chi connectivity index (χ2v) is 6.95. The van der Waals surface area contributed by atoms with Gasteiger partial charge in [-0.25, -0.2) is 4.79 Å². The summed E-state index contributed by atoms with van der Waals surface area (Å²) in [4.78, 5) is 11.1. The van der Waals surface area contributed by atoms with Gasteiger partial charge in [-0.05, 0) is 31.6 Å². The topological polar surface area (TPSA) is 63.6 Å². The second-order valence-electron chi connectivity index (χ2n) is 5.10. The lowest BCUT2D eigenvalue weighted by Gasteiger charge is -2.20. The lowest BCUT2D eigenvalue weighted by Crippen LogP contribution is -2.18. The van der Waals surface area contributed by atoms with Gasteiger partial charge in [0.2, 0.25) is 0 Å². The van der Waals surface area contributed by atoms with E-state index >= 15 is 0 Å². The molecule has 0 aromatic rings. The molecule has 0 radical (unpaired) electrons. The van der Waals surface area contributed by atoms with E-state index in [4.69, 9.17) is 9.84 Å². The molecule has 1 fully saturated rings. The Morgan fingerprint density at radius 1 is 1.50 bits per heavy atom. The monoisotopic (exact) mass is 274 g/mol. The van der Waals surface area contributed by atoms with Gasteiger partial charge in [-0.1, -0.05) is 19.9 Å². The van der Waals surface area contributed by atoms with E-state index in [2.05, 4.69) is 0 Å². The van der Waals surface area contributed by atoms with E-state index in [1.54, 1.807) is 6.08 Å². The third-order valence-electron chi connectivity index (χ3n) is 2.97. The van der Waals surface area contributed by atoms with Gasteiger partial charge in [-0.3, -0.25) is 0 Å². The molecular weight excluding hydrogens is 251 g/mol. The predicted molar refractivity (Wildman–Crippen MR) is 72.6 cm³/mol. The number of allylic oxidation sites excluding steroid dienone is 1. The maximum atomic E-state index is 12.2. The lowest BCUT2D eigenvalue weighted by molar-refractivity contribution is -0.132. The Kier molecular flexibility index (Phi) is 6.10. The van der Waals surface area contributed by atoms with Crippen molar-refractivity contribution < 1.29 is 19.2 Å². The summed E-state index contributed by atoms with van der Waals surface area (Å²) < 4.78 is 17.7. The number of hydrogen-bond donors (Lipinski definition) is 1. The van der Waals surface area contributed by atoms with Crippen LogP contribution < -0.4 is 0 Å². The quantitative estimate of drug-likeness (QED) is 0.546. The highest BCUT2D eigenvalue weighted by atomic mass is 31.1. The maximum Gasteiger partial charge on any atom is 0.331 e. The van der Waals surface area contributed by atoms with Crippen molar-refractivity contribution in [3.8, 4) is 0 Å². The molecule has 4 nitrogen and oxygen atoms in total. The standard InChI is InChI=1S/C13H23O4P/c1-4-17-13(9(2)3)18(16)8-11(12(14)15)7-10-5-6-10/h7,9-10,13,18H,4-6,8H2,1-3H3,(H,14,15)/b11-7-. The van der Waals surface area contributed by atoms with E-state index in [0.717, 1.165) is 12.8 Å². The van der Waals surface area contributed by atoms with Crippen LogP contribution in [-0.2, 0) is 14.1 Å². The molecule has 1 rings (SSSR count). The molecule has 0 aromatic heterocycles. The minimum atomic E-state index is -2.07. The van der Waals surface area contributed by atoms with Gasteiger partial charge in [0.1, 0.15) is 13.6 Å². The first kappa shape index (κ1) is 15.5. The Bertz CT molecular complexity index is 345. The average Bonchev–Trinajstić information content (AvgIpc) is 3.07. The fraction of sp³-hybridized carbons (Fsp3) is 0.769. The number of ether oxygens (including phenoxy) is 1. The number of carbonyl (C=O) groups is 1. The number of hydrogen-bond acceptors (Lipinski definition) is 3. The van der Waals surface area contributed by atoms with Crippen molar-refractivity contribution in [2.75, 3.05) is 12.8 Å². The molecule has 0 aliphatic heterocycles. The molecule has 1 aliphatic carbocycles. The summed E-state index contributed by atoms with van der Waals surface area (Å²) in [5, 5.41) is 9.12. The molecular formula is C13H23O4P. The molecule has 1 aliphatic rings. The van der Waals surface area contributed by atoms with Gasteiger partial charge in [-0.15, -0.1) is 0 Å². The molecule has 5 heteroatoms. The minimum absolute atomic E-state index is 0.146. The van der Waals surface area contributed by atoms with Crippen LogP contribution in [0.2, 0.25) is 0 Å². The van der Waals surface area contributed by atoms with E-state index in [1.165, 1.54) is 0 Å². The fourth-order valence-electron chi connectivity index (χ4n) is 1.88. The Morgan fingerprint density at radius 3 is 2.50 bits per heavy atom. The number of carboxylic acid groups (broad SMARTS) is 1. The Labute approximate surface area is 109 Å². The van der Waals surface area contributed by atoms with Gasteiger partial charge in [0.05, 0.1) is 0 Å². The summed E-state index contributed by atoms with van der Waals surface area (Å²) in [6.07, 6.45) is 4.03. The number of rotatable bonds is 8. The first-order chi connectivity index (χ1) is 8.45. The first-order valence-electron chi connectivity index (χ1n) is 6.54. The maximum absolute atomic E-state index is 12.2. The van der Waals surface area contributed by atoms with Gasteiger partial charge >= 0.3 is 5.97 Å². The molecule has 104 valence electrons. The molecule has 0 amide bonds. The van der Waals surface area contributed by atoms with Crippen LogP contribution in [-0.4, -0.2) is 29.7 Å². The second kappa shape index (κ2) is 7.10. The van der Waals surface area contributed by atoms with Crippen LogP contribution in [0.25, 0.3) is 0 Å². The summed E-state index contributed by atoms with van der Waals surface area (Å²) in [5.41, 5.74) is 0.298. The molecule has 0 bridgehead atoms. The van der Waals surface area contributed by atoms with Crippen LogP contribution >= 0.6 is 7.80 Å². The third kappa shape index (κ3) is 4.95. The van der Waals surface area contributed by atoms with Crippen LogP contribution in [0.3, 0.4) is 0 Å². The molecule has 1 N–H and O–H groups in total. The van der Waals surface area contributed by atoms with E-state index in [-0.39, 0.29) is 17.9 Å². The van der Waals surface area contributed by atoms with Crippen LogP contribution in [0.1, 0.15) is 33.6 Å². The largest absolute Gasteiger partial charge is 0.478 e. The molecule has 1 saturated carbocycles. The Balaban J connectivity index is 2.67. The highest BCUT2D eigenvalue weighted by Gasteiger charge is 2.26. The van der Waals surface area contributed by atoms with Crippen LogP contribution in [0.5, 0.6) is 0 Å². The van der Waals surface area contributed by atoms with E-state index < -0.39 is 13.8 Å². The molecule has 18 heavy (non-hydrogen) atoms. The van der Waals surface area contributed by atoms with E-state index in [1.807, 2.05) is 20.8 Å². The number of carboxylic acids is 1. The van der Waals surface area contributed by atoms with Crippen molar-refractivity contribution in [2.45, 2.75) is 39.5 Å². The highest BCUT2D eigenvalue weighted by Crippen LogP contribution is 2.38. The Hall–Kier alpha value is -0.600. The normalized spacial score (nSPS) is 19.9. The number of aliphatic carboxylic acids is 1. The highest BCUT2D eigenvalue weighted by molar-refractivity contribution is 7.45. The van der Waals surface area contributed by atoms with Crippen molar-refractivity contribution in [1.82, 2.24) is 0 Å². The molecule has 0 heterocycles. The SMILES string of the molecule is CCOC(C(C)C)[PH](=O)C/C(=C/C1CC1)C(=O)O. The molecule has 2 unspecified atom stereocenters. The van der Waals surface area contributed by atoms with Crippen molar-refractivity contribution >= 4 is 13.8 Å².